The van der Waals surface area contributed by atoms with E-state index in [9.17, 15) is 0 Å². The van der Waals surface area contributed by atoms with Gasteiger partial charge in [-0.3, -0.25) is 4.79 Å². The van der Waals surface area contributed by atoms with Crippen LogP contribution >= 0.6 is 0 Å². The molecule has 0 saturated heterocycles. The molecular weight excluding hydrogens is 406 g/mol. The molecule has 4 rings (SSSR count). The van der Waals surface area contributed by atoms with Crippen LogP contribution in [0.2, 0.25) is 0 Å². The second-order valence-corrected chi connectivity index (χ2v) is 8.14. The fraction of sp³-hybridized carbons (Fsp3) is 0.233. The molecule has 1 atom stereocenters. The molecule has 172 valence electrons. The van der Waals surface area contributed by atoms with Gasteiger partial charge in [0.25, 0.3) is 6.47 Å². The topological polar surface area (TPSA) is 63.3 Å². The Kier molecular flexibility index (Phi) is 11.3. The monoisotopic (exact) mass is 441 g/mol. The van der Waals surface area contributed by atoms with E-state index in [1.54, 1.807) is 11.1 Å². The molecule has 3 nitrogen and oxygen atoms in total. The Morgan fingerprint density at radius 2 is 1.42 bits per heavy atom. The quantitative estimate of drug-likeness (QED) is 0.321. The minimum atomic E-state index is -0.250. The second kappa shape index (κ2) is 14.5. The van der Waals surface area contributed by atoms with E-state index in [4.69, 9.17) is 9.90 Å². The van der Waals surface area contributed by atoms with Crippen LogP contribution in [0.25, 0.3) is 11.1 Å². The van der Waals surface area contributed by atoms with Gasteiger partial charge in [0.1, 0.15) is 0 Å². The fourth-order valence-corrected chi connectivity index (χ4v) is 4.26. The van der Waals surface area contributed by atoms with Crippen molar-refractivity contribution < 1.29 is 9.90 Å². The Hall–Kier alpha value is -3.59. The van der Waals surface area contributed by atoms with Crippen LogP contribution < -0.4 is 5.73 Å². The maximum Gasteiger partial charge on any atom is 0.290 e. The van der Waals surface area contributed by atoms with Crippen molar-refractivity contribution in [3.63, 3.8) is 0 Å². The Morgan fingerprint density at radius 3 is 2.00 bits per heavy atom. The third kappa shape index (κ3) is 8.46. The summed E-state index contributed by atoms with van der Waals surface area (Å²) in [6, 6.07) is 30.8. The summed E-state index contributed by atoms with van der Waals surface area (Å²) < 4.78 is 0. The number of rotatable bonds is 5. The molecule has 0 amide bonds. The summed E-state index contributed by atoms with van der Waals surface area (Å²) in [5.41, 5.74) is 13.5. The van der Waals surface area contributed by atoms with Gasteiger partial charge in [0, 0.05) is 0 Å². The lowest BCUT2D eigenvalue weighted by molar-refractivity contribution is -0.122. The third-order valence-corrected chi connectivity index (χ3v) is 6.01. The molecule has 0 radical (unpaired) electrons. The van der Waals surface area contributed by atoms with Gasteiger partial charge >= 0.3 is 0 Å². The van der Waals surface area contributed by atoms with Crippen molar-refractivity contribution in [2.24, 2.45) is 5.73 Å². The Morgan fingerprint density at radius 1 is 0.909 bits per heavy atom. The summed E-state index contributed by atoms with van der Waals surface area (Å²) in [4.78, 5) is 8.36. The van der Waals surface area contributed by atoms with Crippen LogP contribution in [0.15, 0.2) is 109 Å². The lowest BCUT2D eigenvalue weighted by Crippen LogP contribution is -2.09. The maximum atomic E-state index is 8.36. The number of allylic oxidation sites excluding steroid dienone is 2. The molecule has 0 saturated carbocycles. The van der Waals surface area contributed by atoms with Crippen molar-refractivity contribution in [3.8, 4) is 11.1 Å². The van der Waals surface area contributed by atoms with Crippen molar-refractivity contribution in [3.05, 3.63) is 120 Å². The summed E-state index contributed by atoms with van der Waals surface area (Å²) in [5.74, 6) is 0.699. The largest absolute Gasteiger partial charge is 0.483 e. The number of hydrogen-bond acceptors (Lipinski definition) is 2. The molecule has 0 spiro atoms. The highest BCUT2D eigenvalue weighted by molar-refractivity contribution is 5.63. The average molecular weight is 442 g/mol. The van der Waals surface area contributed by atoms with Crippen LogP contribution in [0.4, 0.5) is 0 Å². The fourth-order valence-electron chi connectivity index (χ4n) is 4.26. The van der Waals surface area contributed by atoms with E-state index in [-0.39, 0.29) is 6.47 Å². The number of carboxylic acid groups (broad SMARTS) is 1. The van der Waals surface area contributed by atoms with E-state index in [2.05, 4.69) is 104 Å². The molecule has 3 aromatic rings. The predicted octanol–water partition coefficient (Wildman–Crippen LogP) is 7.36. The van der Waals surface area contributed by atoms with Gasteiger partial charge in [-0.25, -0.2) is 0 Å². The van der Waals surface area contributed by atoms with Gasteiger partial charge in [-0.2, -0.15) is 0 Å². The molecular formula is C30H35NO2. The molecule has 33 heavy (non-hydrogen) atoms. The SMILES string of the molecule is C=CN.CC1=C(CCc2ccc(-c3ccccc3)cc2)CC(c2ccccc2)CC1.O=CO. The number of nitrogens with two attached hydrogens (primary N) is 1. The smallest absolute Gasteiger partial charge is 0.290 e. The van der Waals surface area contributed by atoms with E-state index in [1.807, 2.05) is 0 Å². The highest BCUT2D eigenvalue weighted by Gasteiger charge is 2.20. The highest BCUT2D eigenvalue weighted by Crippen LogP contribution is 2.37. The molecule has 3 heteroatoms. The summed E-state index contributed by atoms with van der Waals surface area (Å²) in [6.07, 6.45) is 7.37. The van der Waals surface area contributed by atoms with E-state index in [0.29, 0.717) is 5.92 Å². The number of hydrogen-bond donors (Lipinski definition) is 2. The highest BCUT2D eigenvalue weighted by atomic mass is 16.3. The molecule has 0 bridgehead atoms. The predicted molar refractivity (Wildman–Crippen MR) is 139 cm³/mol. The van der Waals surface area contributed by atoms with E-state index in [1.165, 1.54) is 54.1 Å². The average Bonchev–Trinajstić information content (AvgIpc) is 2.86. The zero-order chi connectivity index (χ0) is 23.9. The number of aryl methyl sites for hydroxylation is 1. The molecule has 1 aliphatic rings. The normalized spacial score (nSPS) is 14.8. The molecule has 0 aliphatic heterocycles. The van der Waals surface area contributed by atoms with Gasteiger partial charge in [0.2, 0.25) is 0 Å². The van der Waals surface area contributed by atoms with Crippen LogP contribution in [0.5, 0.6) is 0 Å². The summed E-state index contributed by atoms with van der Waals surface area (Å²) in [6.45, 7) is 5.23. The van der Waals surface area contributed by atoms with E-state index < -0.39 is 0 Å². The molecule has 0 aromatic heterocycles. The Labute approximate surface area is 198 Å². The van der Waals surface area contributed by atoms with E-state index >= 15 is 0 Å². The first-order valence-corrected chi connectivity index (χ1v) is 11.4. The maximum absolute atomic E-state index is 8.36. The van der Waals surface area contributed by atoms with Crippen molar-refractivity contribution >= 4 is 6.47 Å². The van der Waals surface area contributed by atoms with Gasteiger partial charge in [0.05, 0.1) is 0 Å². The standard InChI is InChI=1S/C27H28.C2H5N.CH2O2/c1-21-12-16-27(24-10-6-3-7-11-24)20-26(21)19-15-22-13-17-25(18-14-22)23-8-4-2-5-9-23;1-2-3;2-1-3/h2-11,13-14,17-18,27H,12,15-16,19-20H2,1H3;2H,1,3H2;1H,(H,2,3). The van der Waals surface area contributed by atoms with Crippen molar-refractivity contribution in [2.45, 2.75) is 44.9 Å². The zero-order valence-electron chi connectivity index (χ0n) is 19.5. The first kappa shape index (κ1) is 25.7. The Balaban J connectivity index is 0.000000582. The first-order chi connectivity index (χ1) is 16.1. The minimum absolute atomic E-state index is 0.250. The molecule has 3 aromatic carbocycles. The number of carbonyl (C=O) groups is 1. The lowest BCUT2D eigenvalue weighted by Gasteiger charge is -2.26. The van der Waals surface area contributed by atoms with Crippen LogP contribution in [-0.4, -0.2) is 11.6 Å². The van der Waals surface area contributed by atoms with Crippen molar-refractivity contribution in [2.75, 3.05) is 0 Å². The summed E-state index contributed by atoms with van der Waals surface area (Å²) in [5, 5.41) is 6.89. The Bertz CT molecular complexity index is 986. The summed E-state index contributed by atoms with van der Waals surface area (Å²) >= 11 is 0. The number of benzene rings is 3. The molecule has 0 heterocycles. The minimum Gasteiger partial charge on any atom is -0.483 e. The summed E-state index contributed by atoms with van der Waals surface area (Å²) in [7, 11) is 0. The third-order valence-electron chi connectivity index (χ3n) is 6.01. The molecule has 1 unspecified atom stereocenters. The zero-order valence-corrected chi connectivity index (χ0v) is 19.5. The van der Waals surface area contributed by atoms with Gasteiger partial charge in [-0.05, 0) is 73.4 Å². The second-order valence-electron chi connectivity index (χ2n) is 8.14. The van der Waals surface area contributed by atoms with Gasteiger partial charge in [-0.1, -0.05) is 103 Å². The van der Waals surface area contributed by atoms with Crippen LogP contribution in [0, 0.1) is 0 Å². The molecule has 1 aliphatic carbocycles. The van der Waals surface area contributed by atoms with Crippen molar-refractivity contribution in [1.82, 2.24) is 0 Å². The lowest BCUT2D eigenvalue weighted by atomic mass is 9.79. The van der Waals surface area contributed by atoms with Crippen molar-refractivity contribution in [1.29, 1.82) is 0 Å². The van der Waals surface area contributed by atoms with E-state index in [0.717, 1.165) is 6.42 Å². The first-order valence-electron chi connectivity index (χ1n) is 11.4. The van der Waals surface area contributed by atoms with Crippen LogP contribution in [0.3, 0.4) is 0 Å². The van der Waals surface area contributed by atoms with Gasteiger partial charge in [0.15, 0.2) is 0 Å². The van der Waals surface area contributed by atoms with Crippen LogP contribution in [0.1, 0.15) is 49.7 Å². The van der Waals surface area contributed by atoms with Crippen LogP contribution in [-0.2, 0) is 11.2 Å². The molecule has 0 fully saturated rings. The molecule has 3 N–H and O–H groups in total. The van der Waals surface area contributed by atoms with Gasteiger partial charge in [-0.15, -0.1) is 0 Å². The van der Waals surface area contributed by atoms with Gasteiger partial charge < -0.3 is 10.8 Å².